The minimum atomic E-state index is -0.274. The zero-order valence-corrected chi connectivity index (χ0v) is 17.7. The Balaban J connectivity index is 1.83. The number of rotatable bonds is 3. The van der Waals surface area contributed by atoms with Crippen molar-refractivity contribution >= 4 is 39.4 Å². The number of hydrogen-bond donors (Lipinski definition) is 1. The van der Waals surface area contributed by atoms with Crippen LogP contribution >= 0.6 is 11.6 Å². The van der Waals surface area contributed by atoms with E-state index in [9.17, 15) is 9.59 Å². The van der Waals surface area contributed by atoms with E-state index in [0.717, 1.165) is 5.56 Å². The molecular formula is C23H17ClN6O2. The van der Waals surface area contributed by atoms with E-state index in [0.29, 0.717) is 33.1 Å². The molecule has 5 aromatic rings. The highest BCUT2D eigenvalue weighted by atomic mass is 35.5. The van der Waals surface area contributed by atoms with Gasteiger partial charge in [-0.25, -0.2) is 15.0 Å². The van der Waals surface area contributed by atoms with Gasteiger partial charge in [0.2, 0.25) is 0 Å². The van der Waals surface area contributed by atoms with E-state index < -0.39 is 0 Å². The van der Waals surface area contributed by atoms with Gasteiger partial charge in [0.05, 0.1) is 28.2 Å². The molecule has 0 radical (unpaired) electrons. The molecule has 0 unspecified atom stereocenters. The van der Waals surface area contributed by atoms with Gasteiger partial charge in [-0.2, -0.15) is 0 Å². The number of hydrogen-bond acceptors (Lipinski definition) is 6. The number of benzene rings is 2. The van der Waals surface area contributed by atoms with Gasteiger partial charge in [-0.05, 0) is 30.7 Å². The highest BCUT2D eigenvalue weighted by Crippen LogP contribution is 2.22. The van der Waals surface area contributed by atoms with Crippen LogP contribution in [0.3, 0.4) is 0 Å². The molecule has 9 heteroatoms. The minimum Gasteiger partial charge on any atom is -0.383 e. The molecule has 2 N–H and O–H groups in total. The van der Waals surface area contributed by atoms with Gasteiger partial charge in [0.25, 0.3) is 5.56 Å². The summed E-state index contributed by atoms with van der Waals surface area (Å²) < 4.78 is 3.28. The van der Waals surface area contributed by atoms with Crippen LogP contribution in [0.1, 0.15) is 11.4 Å². The molecular weight excluding hydrogens is 428 g/mol. The Morgan fingerprint density at radius 2 is 1.81 bits per heavy atom. The van der Waals surface area contributed by atoms with Gasteiger partial charge in [0.1, 0.15) is 29.0 Å². The number of halogens is 1. The molecule has 0 saturated heterocycles. The number of aromatic nitrogens is 5. The van der Waals surface area contributed by atoms with Crippen molar-refractivity contribution in [3.63, 3.8) is 0 Å². The third kappa shape index (κ3) is 3.12. The molecule has 8 nitrogen and oxygen atoms in total. The van der Waals surface area contributed by atoms with Crippen molar-refractivity contribution < 1.29 is 0 Å². The fourth-order valence-electron chi connectivity index (χ4n) is 3.84. The summed E-state index contributed by atoms with van der Waals surface area (Å²) in [5.41, 5.74) is 7.83. The topological polar surface area (TPSA) is 109 Å². The second-order valence-electron chi connectivity index (χ2n) is 7.35. The monoisotopic (exact) mass is 444 g/mol. The summed E-state index contributed by atoms with van der Waals surface area (Å²) in [6.45, 7) is 2.09. The van der Waals surface area contributed by atoms with Gasteiger partial charge in [0, 0.05) is 12.3 Å². The summed E-state index contributed by atoms with van der Waals surface area (Å²) in [4.78, 5) is 38.9. The van der Waals surface area contributed by atoms with Gasteiger partial charge < -0.3 is 10.3 Å². The first-order chi connectivity index (χ1) is 15.5. The zero-order valence-electron chi connectivity index (χ0n) is 17.0. The summed E-state index contributed by atoms with van der Waals surface area (Å²) in [6, 6.07) is 14.1. The molecule has 32 heavy (non-hydrogen) atoms. The first-order valence-corrected chi connectivity index (χ1v) is 10.2. The van der Waals surface area contributed by atoms with E-state index in [1.54, 1.807) is 33.5 Å². The maximum atomic E-state index is 13.6. The number of nitrogens with two attached hydrogens (primary N) is 1. The number of aryl methyl sites for hydroxylation is 1. The van der Waals surface area contributed by atoms with Crippen LogP contribution in [0.25, 0.3) is 27.6 Å². The van der Waals surface area contributed by atoms with Gasteiger partial charge in [-0.1, -0.05) is 35.9 Å². The van der Waals surface area contributed by atoms with Crippen molar-refractivity contribution in [2.75, 3.05) is 5.73 Å². The number of nitrogen functional groups attached to an aromatic ring is 1. The van der Waals surface area contributed by atoms with E-state index in [2.05, 4.69) is 9.97 Å². The summed E-state index contributed by atoms with van der Waals surface area (Å²) >= 11 is 6.36. The van der Waals surface area contributed by atoms with Gasteiger partial charge in [-0.15, -0.1) is 0 Å². The van der Waals surface area contributed by atoms with E-state index in [-0.39, 0.29) is 28.7 Å². The molecule has 0 spiro atoms. The molecule has 5 rings (SSSR count). The lowest BCUT2D eigenvalue weighted by atomic mass is 10.1. The molecule has 0 amide bonds. The van der Waals surface area contributed by atoms with Crippen LogP contribution in [0.5, 0.6) is 0 Å². The van der Waals surface area contributed by atoms with E-state index in [1.807, 2.05) is 31.2 Å². The lowest BCUT2D eigenvalue weighted by Crippen LogP contribution is -2.26. The van der Waals surface area contributed by atoms with Crippen molar-refractivity contribution in [1.29, 1.82) is 0 Å². The maximum absolute atomic E-state index is 13.6. The van der Waals surface area contributed by atoms with Crippen LogP contribution in [0, 0.1) is 6.92 Å². The third-order valence-electron chi connectivity index (χ3n) is 5.37. The second kappa shape index (κ2) is 7.58. The summed E-state index contributed by atoms with van der Waals surface area (Å²) in [7, 11) is 0. The first kappa shape index (κ1) is 19.9. The Labute approximate surface area is 186 Å². The average Bonchev–Trinajstić information content (AvgIpc) is 2.77. The summed E-state index contributed by atoms with van der Waals surface area (Å²) in [5.74, 6) is 0.560. The lowest BCUT2D eigenvalue weighted by Gasteiger charge is -2.17. The molecule has 0 aliphatic rings. The highest BCUT2D eigenvalue weighted by molar-refractivity contribution is 6.35. The van der Waals surface area contributed by atoms with Crippen LogP contribution < -0.4 is 16.7 Å². The van der Waals surface area contributed by atoms with Gasteiger partial charge >= 0.3 is 0 Å². The summed E-state index contributed by atoms with van der Waals surface area (Å²) in [6.07, 6.45) is 2.91. The largest absolute Gasteiger partial charge is 0.383 e. The molecule has 0 fully saturated rings. The molecule has 158 valence electrons. The third-order valence-corrected chi connectivity index (χ3v) is 5.68. The molecule has 0 atom stereocenters. The van der Waals surface area contributed by atoms with Crippen molar-refractivity contribution in [2.24, 2.45) is 0 Å². The van der Waals surface area contributed by atoms with Crippen LogP contribution in [0.2, 0.25) is 5.02 Å². The van der Waals surface area contributed by atoms with E-state index >= 15 is 0 Å². The van der Waals surface area contributed by atoms with Crippen LogP contribution in [-0.4, -0.2) is 24.1 Å². The fraction of sp³-hybridized carbons (Fsp3) is 0.0870. The molecule has 0 bridgehead atoms. The average molecular weight is 445 g/mol. The Morgan fingerprint density at radius 1 is 1.00 bits per heavy atom. The molecule has 3 aromatic heterocycles. The smallest absolute Gasteiger partial charge is 0.267 e. The number of para-hydroxylation sites is 1. The molecule has 0 aliphatic heterocycles. The van der Waals surface area contributed by atoms with Crippen molar-refractivity contribution in [3.05, 3.63) is 98.0 Å². The first-order valence-electron chi connectivity index (χ1n) is 9.81. The molecule has 3 heterocycles. The number of nitrogens with zero attached hydrogens (tertiary/aromatic N) is 5. The van der Waals surface area contributed by atoms with Crippen molar-refractivity contribution in [3.8, 4) is 5.69 Å². The number of pyridine rings is 1. The predicted molar refractivity (Wildman–Crippen MR) is 124 cm³/mol. The SMILES string of the molecule is Cc1ccccc1-n1c(Cn2ccc(=O)c3c(N)ncnc32)nc2cccc(Cl)c2c1=O. The number of anilines is 1. The minimum absolute atomic E-state index is 0.101. The number of fused-ring (bicyclic) bond motifs is 2. The Bertz CT molecular complexity index is 1640. The summed E-state index contributed by atoms with van der Waals surface area (Å²) in [5, 5.41) is 0.907. The second-order valence-corrected chi connectivity index (χ2v) is 7.76. The zero-order chi connectivity index (χ0) is 22.4. The van der Waals surface area contributed by atoms with E-state index in [1.165, 1.54) is 12.4 Å². The predicted octanol–water partition coefficient (Wildman–Crippen LogP) is 3.08. The lowest BCUT2D eigenvalue weighted by molar-refractivity contribution is 0.716. The Kier molecular flexibility index (Phi) is 4.71. The molecule has 0 saturated carbocycles. The molecule has 2 aromatic carbocycles. The van der Waals surface area contributed by atoms with E-state index in [4.69, 9.17) is 22.3 Å². The quantitative estimate of drug-likeness (QED) is 0.458. The van der Waals surface area contributed by atoms with Crippen molar-refractivity contribution in [2.45, 2.75) is 13.5 Å². The maximum Gasteiger partial charge on any atom is 0.267 e. The normalized spacial score (nSPS) is 11.3. The van der Waals surface area contributed by atoms with Crippen LogP contribution in [0.15, 0.2) is 70.6 Å². The van der Waals surface area contributed by atoms with Gasteiger partial charge in [-0.3, -0.25) is 14.2 Å². The van der Waals surface area contributed by atoms with Crippen molar-refractivity contribution in [1.82, 2.24) is 24.1 Å². The Hall–Kier alpha value is -4.04. The highest BCUT2D eigenvalue weighted by Gasteiger charge is 2.18. The fourth-order valence-corrected chi connectivity index (χ4v) is 4.09. The standard InChI is InChI=1S/C23H17ClN6O2/c1-13-5-2-3-8-16(13)30-18(28-15-7-4-6-14(24)19(15)23(30)32)11-29-10-9-17(31)20-21(25)26-12-27-22(20)29/h2-10,12H,11H2,1H3,(H2,25,26,27). The van der Waals surface area contributed by atoms with Gasteiger partial charge in [0.15, 0.2) is 5.43 Å². The Morgan fingerprint density at radius 3 is 2.62 bits per heavy atom. The van der Waals surface area contributed by atoms with Crippen LogP contribution in [-0.2, 0) is 6.54 Å². The molecule has 0 aliphatic carbocycles. The van der Waals surface area contributed by atoms with Crippen LogP contribution in [0.4, 0.5) is 5.82 Å².